The Bertz CT molecular complexity index is 1050. The molecule has 8 heteroatoms. The normalized spacial score (nSPS) is 20.1. The summed E-state index contributed by atoms with van der Waals surface area (Å²) in [7, 11) is -0.274. The van der Waals surface area contributed by atoms with Crippen molar-refractivity contribution in [2.24, 2.45) is 5.41 Å². The third-order valence-corrected chi connectivity index (χ3v) is 6.92. The summed E-state index contributed by atoms with van der Waals surface area (Å²) in [6, 6.07) is 9.81. The third kappa shape index (κ3) is 4.07. The lowest BCUT2D eigenvalue weighted by molar-refractivity contribution is 0.0943. The highest BCUT2D eigenvalue weighted by Gasteiger charge is 2.59. The monoisotopic (exact) mass is 437 g/mol. The minimum atomic E-state index is -3.25. The molecule has 1 amide bonds. The summed E-state index contributed by atoms with van der Waals surface area (Å²) in [4.78, 5) is 13.2. The molecule has 6 nitrogen and oxygen atoms in total. The van der Waals surface area contributed by atoms with Crippen molar-refractivity contribution >= 4 is 27.3 Å². The van der Waals surface area contributed by atoms with Crippen LogP contribution in [0.4, 0.5) is 0 Å². The molecule has 3 rings (SSSR count). The first kappa shape index (κ1) is 21.5. The van der Waals surface area contributed by atoms with Gasteiger partial charge in [-0.25, -0.2) is 8.42 Å². The summed E-state index contributed by atoms with van der Waals surface area (Å²) in [5.74, 6) is 0.575. The Morgan fingerprint density at radius 3 is 2.17 bits per heavy atom. The summed E-state index contributed by atoms with van der Waals surface area (Å²) in [6.45, 7) is 4.12. The van der Waals surface area contributed by atoms with Crippen LogP contribution in [-0.4, -0.2) is 40.8 Å². The van der Waals surface area contributed by atoms with Crippen molar-refractivity contribution in [1.82, 2.24) is 5.32 Å². The maximum Gasteiger partial charge on any atom is 0.255 e. The molecule has 0 aromatic heterocycles. The van der Waals surface area contributed by atoms with E-state index in [0.717, 1.165) is 5.56 Å². The maximum absolute atomic E-state index is 12.9. The molecule has 0 spiro atoms. The molecule has 1 N–H and O–H groups in total. The number of benzene rings is 2. The standard InChI is InChI=1S/C21H24ClNO5S/c1-21(2)18(12-6-8-13(9-7-12)29(5,25)26)19(21)23-20(24)14-10-15(22)17(28-4)11-16(14)27-3/h6-11,18-19H,1-5H3,(H,23,24)/t18-,19-/m0/s1. The van der Waals surface area contributed by atoms with E-state index in [2.05, 4.69) is 19.2 Å². The minimum absolute atomic E-state index is 0.0692. The largest absolute Gasteiger partial charge is 0.496 e. The van der Waals surface area contributed by atoms with E-state index in [-0.39, 0.29) is 28.2 Å². The van der Waals surface area contributed by atoms with Crippen molar-refractivity contribution in [2.75, 3.05) is 20.5 Å². The number of hydrogen-bond acceptors (Lipinski definition) is 5. The van der Waals surface area contributed by atoms with Crippen LogP contribution in [0.15, 0.2) is 41.3 Å². The zero-order chi connectivity index (χ0) is 21.6. The fraction of sp³-hybridized carbons (Fsp3) is 0.381. The fourth-order valence-corrected chi connectivity index (χ4v) is 4.58. The Morgan fingerprint density at radius 2 is 1.66 bits per heavy atom. The topological polar surface area (TPSA) is 81.7 Å². The van der Waals surface area contributed by atoms with E-state index in [1.807, 2.05) is 0 Å². The van der Waals surface area contributed by atoms with Gasteiger partial charge in [0.15, 0.2) is 9.84 Å². The molecule has 0 aliphatic heterocycles. The molecule has 0 heterocycles. The number of amides is 1. The van der Waals surface area contributed by atoms with Crippen LogP contribution in [-0.2, 0) is 9.84 Å². The lowest BCUT2D eigenvalue weighted by Gasteiger charge is -2.13. The number of halogens is 1. The zero-order valence-corrected chi connectivity index (χ0v) is 18.5. The average molecular weight is 438 g/mol. The quantitative estimate of drug-likeness (QED) is 0.745. The van der Waals surface area contributed by atoms with E-state index in [1.54, 1.807) is 30.3 Å². The SMILES string of the molecule is COc1cc(OC)c(C(=O)N[C@H]2[C@H](c3ccc(S(C)(=O)=O)cc3)C2(C)C)cc1Cl. The second-order valence-electron chi connectivity index (χ2n) is 7.78. The smallest absolute Gasteiger partial charge is 0.255 e. The second-order valence-corrected chi connectivity index (χ2v) is 10.2. The Hall–Kier alpha value is -2.25. The van der Waals surface area contributed by atoms with Crippen molar-refractivity contribution in [3.8, 4) is 11.5 Å². The van der Waals surface area contributed by atoms with Crippen molar-refractivity contribution in [2.45, 2.75) is 30.7 Å². The molecule has 0 unspecified atom stereocenters. The highest BCUT2D eigenvalue weighted by molar-refractivity contribution is 7.90. The highest BCUT2D eigenvalue weighted by atomic mass is 35.5. The summed E-state index contributed by atoms with van der Waals surface area (Å²) in [5.41, 5.74) is 1.13. The van der Waals surface area contributed by atoms with Crippen LogP contribution in [0.2, 0.25) is 5.02 Å². The Balaban J connectivity index is 1.82. The van der Waals surface area contributed by atoms with Crippen LogP contribution in [0.1, 0.15) is 35.7 Å². The fourth-order valence-electron chi connectivity index (χ4n) is 3.71. The van der Waals surface area contributed by atoms with Gasteiger partial charge in [0.05, 0.1) is 29.7 Å². The van der Waals surface area contributed by atoms with E-state index < -0.39 is 9.84 Å². The molecule has 1 fully saturated rings. The summed E-state index contributed by atoms with van der Waals surface area (Å²) >= 11 is 6.18. The van der Waals surface area contributed by atoms with Gasteiger partial charge >= 0.3 is 0 Å². The highest BCUT2D eigenvalue weighted by Crippen LogP contribution is 2.58. The Kier molecular flexibility index (Phi) is 5.58. The van der Waals surface area contributed by atoms with Gasteiger partial charge in [-0.1, -0.05) is 37.6 Å². The molecule has 156 valence electrons. The summed E-state index contributed by atoms with van der Waals surface area (Å²) < 4.78 is 33.8. The lowest BCUT2D eigenvalue weighted by atomic mass is 10.0. The summed E-state index contributed by atoms with van der Waals surface area (Å²) in [5, 5.41) is 3.38. The number of carbonyl (C=O) groups is 1. The van der Waals surface area contributed by atoms with E-state index in [0.29, 0.717) is 22.1 Å². The van der Waals surface area contributed by atoms with E-state index in [1.165, 1.54) is 26.5 Å². The van der Waals surface area contributed by atoms with Gasteiger partial charge in [-0.3, -0.25) is 4.79 Å². The van der Waals surface area contributed by atoms with Gasteiger partial charge in [0.1, 0.15) is 11.5 Å². The summed E-state index contributed by atoms with van der Waals surface area (Å²) in [6.07, 6.45) is 1.18. The van der Waals surface area contributed by atoms with Gasteiger partial charge in [0.25, 0.3) is 5.91 Å². The maximum atomic E-state index is 12.9. The third-order valence-electron chi connectivity index (χ3n) is 5.50. The number of nitrogens with one attached hydrogen (secondary N) is 1. The Morgan fingerprint density at radius 1 is 1.07 bits per heavy atom. The van der Waals surface area contributed by atoms with Crippen molar-refractivity contribution in [3.05, 3.63) is 52.5 Å². The number of rotatable bonds is 6. The number of sulfone groups is 1. The lowest BCUT2D eigenvalue weighted by Crippen LogP contribution is -2.29. The average Bonchev–Trinajstić information content (AvgIpc) is 3.20. The van der Waals surface area contributed by atoms with E-state index in [9.17, 15) is 13.2 Å². The molecule has 0 radical (unpaired) electrons. The van der Waals surface area contributed by atoms with Crippen molar-refractivity contribution in [1.29, 1.82) is 0 Å². The number of hydrogen-bond donors (Lipinski definition) is 1. The first-order valence-corrected chi connectivity index (χ1v) is 11.3. The molecule has 2 aromatic rings. The van der Waals surface area contributed by atoms with Crippen LogP contribution in [0.25, 0.3) is 0 Å². The van der Waals surface area contributed by atoms with Gasteiger partial charge < -0.3 is 14.8 Å². The first-order valence-electron chi connectivity index (χ1n) is 9.03. The van der Waals surface area contributed by atoms with E-state index in [4.69, 9.17) is 21.1 Å². The zero-order valence-electron chi connectivity index (χ0n) is 16.9. The van der Waals surface area contributed by atoms with E-state index >= 15 is 0 Å². The molecule has 1 aliphatic rings. The van der Waals surface area contributed by atoms with Gasteiger partial charge in [0.2, 0.25) is 0 Å². The minimum Gasteiger partial charge on any atom is -0.496 e. The van der Waals surface area contributed by atoms with Gasteiger partial charge in [-0.2, -0.15) is 0 Å². The predicted octanol–water partition coefficient (Wildman–Crippen LogP) is 3.68. The molecule has 2 aromatic carbocycles. The Labute approximate surface area is 176 Å². The number of carbonyl (C=O) groups excluding carboxylic acids is 1. The predicted molar refractivity (Wildman–Crippen MR) is 112 cm³/mol. The van der Waals surface area contributed by atoms with Gasteiger partial charge in [0, 0.05) is 24.3 Å². The van der Waals surface area contributed by atoms with Crippen LogP contribution in [0, 0.1) is 5.41 Å². The van der Waals surface area contributed by atoms with Crippen molar-refractivity contribution < 1.29 is 22.7 Å². The van der Waals surface area contributed by atoms with Crippen LogP contribution >= 0.6 is 11.6 Å². The molecule has 1 saturated carbocycles. The second kappa shape index (κ2) is 7.54. The van der Waals surface area contributed by atoms with Gasteiger partial charge in [-0.05, 0) is 29.2 Å². The van der Waals surface area contributed by atoms with Gasteiger partial charge in [-0.15, -0.1) is 0 Å². The van der Waals surface area contributed by atoms with Crippen LogP contribution in [0.3, 0.4) is 0 Å². The molecular weight excluding hydrogens is 414 g/mol. The molecule has 0 saturated heterocycles. The number of ether oxygens (including phenoxy) is 2. The molecule has 0 bridgehead atoms. The van der Waals surface area contributed by atoms with Crippen LogP contribution in [0.5, 0.6) is 11.5 Å². The number of methoxy groups -OCH3 is 2. The molecular formula is C21H24ClNO5S. The molecule has 2 atom stereocenters. The molecule has 1 aliphatic carbocycles. The molecule has 29 heavy (non-hydrogen) atoms. The van der Waals surface area contributed by atoms with Crippen LogP contribution < -0.4 is 14.8 Å². The van der Waals surface area contributed by atoms with Crippen molar-refractivity contribution in [3.63, 3.8) is 0 Å². The first-order chi connectivity index (χ1) is 13.5.